The lowest BCUT2D eigenvalue weighted by atomic mass is 9.75. The maximum absolute atomic E-state index is 12.9. The van der Waals surface area contributed by atoms with E-state index < -0.39 is 11.1 Å². The maximum Gasteiger partial charge on any atom is 0.330 e. The molecular formula is C15H23NO3. The first kappa shape index (κ1) is 12.2. The summed E-state index contributed by atoms with van der Waals surface area (Å²) in [7, 11) is 0. The zero-order chi connectivity index (χ0) is 13.5. The van der Waals surface area contributed by atoms with E-state index in [-0.39, 0.29) is 17.0 Å². The molecule has 2 saturated heterocycles. The van der Waals surface area contributed by atoms with Crippen LogP contribution in [0.25, 0.3) is 0 Å². The van der Waals surface area contributed by atoms with Gasteiger partial charge in [0.2, 0.25) is 0 Å². The molecule has 4 aliphatic rings. The van der Waals surface area contributed by atoms with E-state index in [0.717, 1.165) is 45.1 Å². The summed E-state index contributed by atoms with van der Waals surface area (Å²) in [6.07, 6.45) is 6.44. The highest BCUT2D eigenvalue weighted by molar-refractivity contribution is 5.84. The molecule has 2 saturated carbocycles. The largest absolute Gasteiger partial charge is 0.459 e. The molecule has 2 aliphatic carbocycles. The number of rotatable bonds is 1. The number of fused-ring (bicyclic) bond motifs is 3. The van der Waals surface area contributed by atoms with Crippen LogP contribution in [-0.4, -0.2) is 34.3 Å². The summed E-state index contributed by atoms with van der Waals surface area (Å²) in [5, 5.41) is 2.00. The van der Waals surface area contributed by atoms with E-state index in [1.54, 1.807) is 0 Å². The highest BCUT2D eigenvalue weighted by atomic mass is 16.7. The van der Waals surface area contributed by atoms with Crippen molar-refractivity contribution in [2.24, 2.45) is 5.41 Å². The Morgan fingerprint density at radius 3 is 2.37 bits per heavy atom. The Morgan fingerprint density at radius 1 is 1.16 bits per heavy atom. The lowest BCUT2D eigenvalue weighted by molar-refractivity contribution is -0.201. The minimum atomic E-state index is -0.475. The van der Waals surface area contributed by atoms with Gasteiger partial charge in [-0.2, -0.15) is 5.06 Å². The van der Waals surface area contributed by atoms with E-state index >= 15 is 0 Å². The molecule has 0 amide bonds. The molecule has 1 atom stereocenters. The van der Waals surface area contributed by atoms with Crippen molar-refractivity contribution in [3.8, 4) is 0 Å². The van der Waals surface area contributed by atoms with E-state index in [1.807, 2.05) is 25.8 Å². The number of ether oxygens (including phenoxy) is 1. The van der Waals surface area contributed by atoms with Gasteiger partial charge >= 0.3 is 5.97 Å². The summed E-state index contributed by atoms with van der Waals surface area (Å²) in [6, 6.07) is 0. The van der Waals surface area contributed by atoms with E-state index in [2.05, 4.69) is 0 Å². The molecule has 1 unspecified atom stereocenters. The normalized spacial score (nSPS) is 37.6. The van der Waals surface area contributed by atoms with Gasteiger partial charge in [0.1, 0.15) is 5.60 Å². The van der Waals surface area contributed by atoms with Gasteiger partial charge in [-0.15, -0.1) is 0 Å². The predicted molar refractivity (Wildman–Crippen MR) is 69.2 cm³/mol. The van der Waals surface area contributed by atoms with Gasteiger partial charge in [0, 0.05) is 12.0 Å². The van der Waals surface area contributed by atoms with E-state index in [1.165, 1.54) is 0 Å². The van der Waals surface area contributed by atoms with Crippen molar-refractivity contribution in [3.05, 3.63) is 0 Å². The Balaban J connectivity index is 1.73. The van der Waals surface area contributed by atoms with Crippen LogP contribution >= 0.6 is 0 Å². The molecule has 0 bridgehead atoms. The zero-order valence-electron chi connectivity index (χ0n) is 12.1. The van der Waals surface area contributed by atoms with Crippen molar-refractivity contribution in [1.29, 1.82) is 0 Å². The zero-order valence-corrected chi connectivity index (χ0v) is 12.1. The van der Waals surface area contributed by atoms with Crippen LogP contribution in [0.4, 0.5) is 0 Å². The second-order valence-electron chi connectivity index (χ2n) is 7.74. The molecule has 0 aromatic heterocycles. The fourth-order valence-corrected chi connectivity index (χ4v) is 4.51. The molecule has 0 N–H and O–H groups in total. The number of hydrogen-bond acceptors (Lipinski definition) is 4. The number of carbonyl (C=O) groups is 1. The quantitative estimate of drug-likeness (QED) is 0.683. The molecule has 0 aromatic rings. The van der Waals surface area contributed by atoms with Crippen LogP contribution in [0.5, 0.6) is 0 Å². The van der Waals surface area contributed by atoms with Crippen molar-refractivity contribution in [2.45, 2.75) is 76.0 Å². The van der Waals surface area contributed by atoms with Gasteiger partial charge in [-0.3, -0.25) is 4.84 Å². The van der Waals surface area contributed by atoms with Crippen molar-refractivity contribution in [3.63, 3.8) is 0 Å². The summed E-state index contributed by atoms with van der Waals surface area (Å²) in [6.45, 7) is 6.72. The van der Waals surface area contributed by atoms with E-state index in [4.69, 9.17) is 9.57 Å². The third-order valence-corrected chi connectivity index (χ3v) is 5.46. The average Bonchev–Trinajstić information content (AvgIpc) is 3.12. The molecule has 2 heterocycles. The van der Waals surface area contributed by atoms with Crippen molar-refractivity contribution in [1.82, 2.24) is 5.06 Å². The summed E-state index contributed by atoms with van der Waals surface area (Å²) in [5.41, 5.74) is -0.838. The standard InChI is InChI=1S/C15H23NO3/c1-12(2,3)18-11(17)15-5-4-10-16(15)19-14(8-9-14)13(15)6-7-13/h4-10H2,1-3H3. The highest BCUT2D eigenvalue weighted by Crippen LogP contribution is 2.78. The van der Waals surface area contributed by atoms with Gasteiger partial charge < -0.3 is 4.74 Å². The van der Waals surface area contributed by atoms with Crippen LogP contribution in [0.1, 0.15) is 59.3 Å². The van der Waals surface area contributed by atoms with Crippen LogP contribution < -0.4 is 0 Å². The predicted octanol–water partition coefficient (Wildman–Crippen LogP) is 2.42. The van der Waals surface area contributed by atoms with Gasteiger partial charge in [-0.05, 0) is 59.3 Å². The Kier molecular flexibility index (Phi) is 2.03. The second-order valence-corrected chi connectivity index (χ2v) is 7.74. The first-order valence-corrected chi connectivity index (χ1v) is 7.56. The first-order chi connectivity index (χ1) is 8.85. The first-order valence-electron chi connectivity index (χ1n) is 7.56. The van der Waals surface area contributed by atoms with Crippen LogP contribution in [0.3, 0.4) is 0 Å². The molecule has 4 nitrogen and oxygen atoms in total. The van der Waals surface area contributed by atoms with Gasteiger partial charge in [0.25, 0.3) is 0 Å². The van der Waals surface area contributed by atoms with Crippen molar-refractivity contribution < 1.29 is 14.4 Å². The number of hydrogen-bond donors (Lipinski definition) is 0. The fraction of sp³-hybridized carbons (Fsp3) is 0.933. The third kappa shape index (κ3) is 1.30. The Bertz CT molecular complexity index is 445. The van der Waals surface area contributed by atoms with Crippen LogP contribution in [-0.2, 0) is 14.4 Å². The average molecular weight is 265 g/mol. The number of nitrogens with zero attached hydrogens (tertiary/aromatic N) is 1. The lowest BCUT2D eigenvalue weighted by Gasteiger charge is -2.35. The minimum Gasteiger partial charge on any atom is -0.459 e. The lowest BCUT2D eigenvalue weighted by Crippen LogP contribution is -2.54. The second kappa shape index (κ2) is 3.17. The molecule has 19 heavy (non-hydrogen) atoms. The van der Waals surface area contributed by atoms with Gasteiger partial charge in [-0.1, -0.05) is 0 Å². The summed E-state index contributed by atoms with van der Waals surface area (Å²) >= 11 is 0. The number of hydroxylamine groups is 2. The molecule has 106 valence electrons. The van der Waals surface area contributed by atoms with Gasteiger partial charge in [0.05, 0.1) is 5.60 Å². The smallest absolute Gasteiger partial charge is 0.330 e. The van der Waals surface area contributed by atoms with Crippen LogP contribution in [0.15, 0.2) is 0 Å². The van der Waals surface area contributed by atoms with Gasteiger partial charge in [0.15, 0.2) is 5.54 Å². The van der Waals surface area contributed by atoms with E-state index in [9.17, 15) is 4.79 Å². The fourth-order valence-electron chi connectivity index (χ4n) is 4.51. The molecular weight excluding hydrogens is 242 g/mol. The molecule has 0 radical (unpaired) electrons. The minimum absolute atomic E-state index is 0.00960. The summed E-state index contributed by atoms with van der Waals surface area (Å²) in [5.74, 6) is -0.0428. The molecule has 0 aromatic carbocycles. The Labute approximate surface area is 114 Å². The number of esters is 1. The maximum atomic E-state index is 12.9. The monoisotopic (exact) mass is 265 g/mol. The van der Waals surface area contributed by atoms with Crippen LogP contribution in [0, 0.1) is 5.41 Å². The van der Waals surface area contributed by atoms with Gasteiger partial charge in [-0.25, -0.2) is 4.79 Å². The van der Waals surface area contributed by atoms with Crippen molar-refractivity contribution in [2.75, 3.05) is 6.54 Å². The summed E-state index contributed by atoms with van der Waals surface area (Å²) in [4.78, 5) is 19.1. The van der Waals surface area contributed by atoms with Crippen LogP contribution in [0.2, 0.25) is 0 Å². The summed E-state index contributed by atoms with van der Waals surface area (Å²) < 4.78 is 5.76. The van der Waals surface area contributed by atoms with E-state index in [0.29, 0.717) is 0 Å². The Morgan fingerprint density at radius 2 is 1.84 bits per heavy atom. The molecule has 2 aliphatic heterocycles. The van der Waals surface area contributed by atoms with Crippen molar-refractivity contribution >= 4 is 5.97 Å². The Hall–Kier alpha value is -0.610. The molecule has 4 rings (SSSR count). The number of carbonyl (C=O) groups excluding carboxylic acids is 1. The molecule has 4 heteroatoms. The third-order valence-electron chi connectivity index (χ3n) is 5.46. The topological polar surface area (TPSA) is 38.8 Å². The molecule has 4 fully saturated rings. The molecule has 2 spiro atoms. The highest BCUT2D eigenvalue weighted by Gasteiger charge is 2.85. The SMILES string of the molecule is CC(C)(C)OC(=O)C12CCCN1OC1(CC1)C21CC1.